The lowest BCUT2D eigenvalue weighted by atomic mass is 10.2. The second-order valence-corrected chi connectivity index (χ2v) is 6.25. The van der Waals surface area contributed by atoms with Crippen LogP contribution in [0.2, 0.25) is 0 Å². The van der Waals surface area contributed by atoms with Gasteiger partial charge in [-0.25, -0.2) is 13.1 Å². The molecular weight excluding hydrogens is 288 g/mol. The van der Waals surface area contributed by atoms with Crippen LogP contribution in [0.5, 0.6) is 5.75 Å². The zero-order chi connectivity index (χ0) is 15.3. The molecule has 0 fully saturated rings. The minimum absolute atomic E-state index is 0.172. The molecular formula is C15H18N2O3S. The number of nitrogens with one attached hydrogen (secondary N) is 1. The number of hydrogen-bond acceptors (Lipinski definition) is 4. The van der Waals surface area contributed by atoms with Crippen molar-refractivity contribution >= 4 is 10.0 Å². The quantitative estimate of drug-likeness (QED) is 0.850. The highest BCUT2D eigenvalue weighted by molar-refractivity contribution is 7.89. The fourth-order valence-corrected chi connectivity index (χ4v) is 2.92. The van der Waals surface area contributed by atoms with Crippen LogP contribution in [0.3, 0.4) is 0 Å². The molecule has 2 aromatic carbocycles. The lowest BCUT2D eigenvalue weighted by Crippen LogP contribution is -2.23. The van der Waals surface area contributed by atoms with Crippen LogP contribution < -0.4 is 15.2 Å². The maximum absolute atomic E-state index is 12.2. The van der Waals surface area contributed by atoms with E-state index in [4.69, 9.17) is 10.5 Å². The van der Waals surface area contributed by atoms with Crippen molar-refractivity contribution in [3.05, 3.63) is 59.7 Å². The predicted octanol–water partition coefficient (Wildman–Crippen LogP) is 1.63. The summed E-state index contributed by atoms with van der Waals surface area (Å²) in [5.41, 5.74) is 7.16. The molecule has 3 N–H and O–H groups in total. The smallest absolute Gasteiger partial charge is 0.240 e. The molecule has 0 atom stereocenters. The average molecular weight is 306 g/mol. The lowest BCUT2D eigenvalue weighted by molar-refractivity contribution is 0.409. The first-order valence-corrected chi connectivity index (χ1v) is 7.95. The molecule has 0 aliphatic heterocycles. The van der Waals surface area contributed by atoms with Crippen LogP contribution in [0, 0.1) is 0 Å². The SMILES string of the molecule is COc1ccccc1CNS(=O)(=O)c1ccc(CN)cc1. The van der Waals surface area contributed by atoms with Gasteiger partial charge in [0.25, 0.3) is 0 Å². The Morgan fingerprint density at radius 1 is 1.10 bits per heavy atom. The number of benzene rings is 2. The first kappa shape index (κ1) is 15.5. The highest BCUT2D eigenvalue weighted by atomic mass is 32.2. The van der Waals surface area contributed by atoms with Gasteiger partial charge in [-0.15, -0.1) is 0 Å². The fraction of sp³-hybridized carbons (Fsp3) is 0.200. The molecule has 0 spiro atoms. The van der Waals surface area contributed by atoms with Crippen molar-refractivity contribution in [3.63, 3.8) is 0 Å². The molecule has 112 valence electrons. The van der Waals surface area contributed by atoms with E-state index in [1.165, 1.54) is 0 Å². The van der Waals surface area contributed by atoms with Crippen molar-refractivity contribution in [2.24, 2.45) is 5.73 Å². The normalized spacial score (nSPS) is 11.3. The Morgan fingerprint density at radius 3 is 2.38 bits per heavy atom. The molecule has 0 aliphatic rings. The van der Waals surface area contributed by atoms with Crippen molar-refractivity contribution in [3.8, 4) is 5.75 Å². The molecule has 0 radical (unpaired) electrons. The monoisotopic (exact) mass is 306 g/mol. The zero-order valence-corrected chi connectivity index (χ0v) is 12.6. The van der Waals surface area contributed by atoms with Gasteiger partial charge in [0.2, 0.25) is 10.0 Å². The van der Waals surface area contributed by atoms with E-state index in [-0.39, 0.29) is 11.4 Å². The lowest BCUT2D eigenvalue weighted by Gasteiger charge is -2.10. The zero-order valence-electron chi connectivity index (χ0n) is 11.7. The van der Waals surface area contributed by atoms with E-state index < -0.39 is 10.0 Å². The topological polar surface area (TPSA) is 81.4 Å². The van der Waals surface area contributed by atoms with Gasteiger partial charge in [-0.05, 0) is 23.8 Å². The predicted molar refractivity (Wildman–Crippen MR) is 81.4 cm³/mol. The van der Waals surface area contributed by atoms with E-state index in [0.717, 1.165) is 11.1 Å². The van der Waals surface area contributed by atoms with Gasteiger partial charge in [-0.1, -0.05) is 30.3 Å². The molecule has 2 aromatic rings. The summed E-state index contributed by atoms with van der Waals surface area (Å²) in [5, 5.41) is 0. The number of ether oxygens (including phenoxy) is 1. The van der Waals surface area contributed by atoms with Crippen LogP contribution in [-0.4, -0.2) is 15.5 Å². The van der Waals surface area contributed by atoms with Gasteiger partial charge in [0.1, 0.15) is 5.75 Å². The Kier molecular flexibility index (Phi) is 4.95. The first-order chi connectivity index (χ1) is 10.1. The van der Waals surface area contributed by atoms with Crippen molar-refractivity contribution < 1.29 is 13.2 Å². The fourth-order valence-electron chi connectivity index (χ4n) is 1.91. The van der Waals surface area contributed by atoms with E-state index in [9.17, 15) is 8.42 Å². The molecule has 2 rings (SSSR count). The summed E-state index contributed by atoms with van der Waals surface area (Å²) >= 11 is 0. The summed E-state index contributed by atoms with van der Waals surface area (Å²) < 4.78 is 32.2. The molecule has 21 heavy (non-hydrogen) atoms. The van der Waals surface area contributed by atoms with Crippen LogP contribution in [0.1, 0.15) is 11.1 Å². The minimum Gasteiger partial charge on any atom is -0.496 e. The molecule has 0 unspecified atom stereocenters. The van der Waals surface area contributed by atoms with Crippen LogP contribution in [-0.2, 0) is 23.1 Å². The molecule has 0 amide bonds. The van der Waals surface area contributed by atoms with Crippen LogP contribution >= 0.6 is 0 Å². The van der Waals surface area contributed by atoms with Gasteiger partial charge in [0, 0.05) is 18.7 Å². The average Bonchev–Trinajstić information content (AvgIpc) is 2.53. The number of sulfonamides is 1. The molecule has 0 bridgehead atoms. The Morgan fingerprint density at radius 2 is 1.76 bits per heavy atom. The minimum atomic E-state index is -3.55. The van der Waals surface area contributed by atoms with E-state index in [1.54, 1.807) is 37.4 Å². The van der Waals surface area contributed by atoms with Crippen molar-refractivity contribution in [2.75, 3.05) is 7.11 Å². The number of methoxy groups -OCH3 is 1. The van der Waals surface area contributed by atoms with Crippen molar-refractivity contribution in [2.45, 2.75) is 18.0 Å². The third-order valence-corrected chi connectivity index (χ3v) is 4.53. The van der Waals surface area contributed by atoms with Crippen LogP contribution in [0.15, 0.2) is 53.4 Å². The maximum atomic E-state index is 12.2. The van der Waals surface area contributed by atoms with Gasteiger partial charge >= 0.3 is 0 Å². The molecule has 0 heterocycles. The Labute approximate surface area is 124 Å². The van der Waals surface area contributed by atoms with E-state index in [1.807, 2.05) is 18.2 Å². The summed E-state index contributed by atoms with van der Waals surface area (Å²) in [6.45, 7) is 0.556. The summed E-state index contributed by atoms with van der Waals surface area (Å²) in [5.74, 6) is 0.652. The van der Waals surface area contributed by atoms with Crippen molar-refractivity contribution in [1.29, 1.82) is 0 Å². The van der Waals surface area contributed by atoms with Crippen LogP contribution in [0.25, 0.3) is 0 Å². The van der Waals surface area contributed by atoms with Gasteiger partial charge in [0.05, 0.1) is 12.0 Å². The van der Waals surface area contributed by atoms with E-state index in [0.29, 0.717) is 12.3 Å². The second-order valence-electron chi connectivity index (χ2n) is 4.48. The highest BCUT2D eigenvalue weighted by Gasteiger charge is 2.14. The molecule has 0 saturated carbocycles. The molecule has 6 heteroatoms. The van der Waals surface area contributed by atoms with Crippen LogP contribution in [0.4, 0.5) is 0 Å². The highest BCUT2D eigenvalue weighted by Crippen LogP contribution is 2.18. The van der Waals surface area contributed by atoms with Crippen molar-refractivity contribution in [1.82, 2.24) is 4.72 Å². The molecule has 0 aromatic heterocycles. The maximum Gasteiger partial charge on any atom is 0.240 e. The summed E-state index contributed by atoms with van der Waals surface area (Å²) in [7, 11) is -2.00. The second kappa shape index (κ2) is 6.71. The number of rotatable bonds is 6. The number of para-hydroxylation sites is 1. The largest absolute Gasteiger partial charge is 0.496 e. The summed E-state index contributed by atoms with van der Waals surface area (Å²) in [6.07, 6.45) is 0. The Balaban J connectivity index is 2.13. The number of nitrogens with two attached hydrogens (primary N) is 1. The molecule has 0 saturated heterocycles. The third kappa shape index (κ3) is 3.81. The van der Waals surface area contributed by atoms with Gasteiger partial charge in [-0.3, -0.25) is 0 Å². The summed E-state index contributed by atoms with van der Waals surface area (Å²) in [4.78, 5) is 0.217. The Hall–Kier alpha value is -1.89. The molecule has 0 aliphatic carbocycles. The van der Waals surface area contributed by atoms with Gasteiger partial charge in [0.15, 0.2) is 0 Å². The molecule has 5 nitrogen and oxygen atoms in total. The summed E-state index contributed by atoms with van der Waals surface area (Å²) in [6, 6.07) is 13.8. The Bertz CT molecular complexity index is 697. The number of hydrogen-bond donors (Lipinski definition) is 2. The first-order valence-electron chi connectivity index (χ1n) is 6.47. The van der Waals surface area contributed by atoms with E-state index >= 15 is 0 Å². The van der Waals surface area contributed by atoms with Gasteiger partial charge < -0.3 is 10.5 Å². The van der Waals surface area contributed by atoms with E-state index in [2.05, 4.69) is 4.72 Å². The third-order valence-electron chi connectivity index (χ3n) is 3.11. The van der Waals surface area contributed by atoms with Gasteiger partial charge in [-0.2, -0.15) is 0 Å². The standard InChI is InChI=1S/C15H18N2O3S/c1-20-15-5-3-2-4-13(15)11-17-21(18,19)14-8-6-12(10-16)7-9-14/h2-9,17H,10-11,16H2,1H3.